The largest absolute Gasteiger partial charge is 0.336 e. The summed E-state index contributed by atoms with van der Waals surface area (Å²) in [5.41, 5.74) is 2.59. The van der Waals surface area contributed by atoms with E-state index < -0.39 is 0 Å². The first-order valence-corrected chi connectivity index (χ1v) is 8.92. The van der Waals surface area contributed by atoms with Crippen molar-refractivity contribution in [1.82, 2.24) is 10.2 Å². The van der Waals surface area contributed by atoms with Crippen molar-refractivity contribution < 1.29 is 4.79 Å². The molecule has 0 spiro atoms. The first-order valence-electron chi connectivity index (χ1n) is 8.16. The minimum absolute atomic E-state index is 0.0868. The van der Waals surface area contributed by atoms with Gasteiger partial charge >= 0.3 is 0 Å². The summed E-state index contributed by atoms with van der Waals surface area (Å²) in [6.45, 7) is 4.50. The Morgan fingerprint density at radius 3 is 2.62 bits per heavy atom. The van der Waals surface area contributed by atoms with E-state index in [0.717, 1.165) is 37.2 Å². The van der Waals surface area contributed by atoms with E-state index in [-0.39, 0.29) is 5.91 Å². The summed E-state index contributed by atoms with van der Waals surface area (Å²) in [5, 5.41) is 4.64. The normalized spacial score (nSPS) is 17.8. The van der Waals surface area contributed by atoms with Crippen LogP contribution in [0, 0.1) is 0 Å². The summed E-state index contributed by atoms with van der Waals surface area (Å²) in [6.07, 6.45) is 1.03. The zero-order valence-electron chi connectivity index (χ0n) is 13.6. The first kappa shape index (κ1) is 17.3. The molecule has 3 nitrogen and oxygen atoms in total. The van der Waals surface area contributed by atoms with Crippen LogP contribution in [0.15, 0.2) is 42.5 Å². The lowest BCUT2D eigenvalue weighted by Gasteiger charge is -2.33. The number of halogens is 2. The van der Waals surface area contributed by atoms with Gasteiger partial charge in [0.1, 0.15) is 0 Å². The second-order valence-corrected chi connectivity index (χ2v) is 6.86. The third kappa shape index (κ3) is 3.75. The van der Waals surface area contributed by atoms with Crippen LogP contribution in [0.2, 0.25) is 10.0 Å². The SMILES string of the molecule is CCC1CN(C(=O)c2ccc(-c3ccc(Cl)cc3Cl)cc2)CCN1. The Balaban J connectivity index is 1.77. The van der Waals surface area contributed by atoms with Crippen LogP contribution in [0.5, 0.6) is 0 Å². The van der Waals surface area contributed by atoms with Crippen LogP contribution in [0.25, 0.3) is 11.1 Å². The van der Waals surface area contributed by atoms with Gasteiger partial charge in [0.05, 0.1) is 0 Å². The molecule has 0 aromatic heterocycles. The first-order chi connectivity index (χ1) is 11.6. The highest BCUT2D eigenvalue weighted by molar-refractivity contribution is 6.36. The average molecular weight is 363 g/mol. The fraction of sp³-hybridized carbons (Fsp3) is 0.316. The molecule has 0 saturated carbocycles. The van der Waals surface area contributed by atoms with Crippen LogP contribution in [-0.2, 0) is 0 Å². The summed E-state index contributed by atoms with van der Waals surface area (Å²) < 4.78 is 0. The lowest BCUT2D eigenvalue weighted by atomic mass is 10.0. The molecule has 1 fully saturated rings. The van der Waals surface area contributed by atoms with Gasteiger partial charge in [-0.25, -0.2) is 0 Å². The lowest BCUT2D eigenvalue weighted by molar-refractivity contribution is 0.0701. The predicted molar refractivity (Wildman–Crippen MR) is 99.9 cm³/mol. The number of piperazine rings is 1. The Kier molecular flexibility index (Phi) is 5.44. The molecule has 24 heavy (non-hydrogen) atoms. The minimum Gasteiger partial charge on any atom is -0.336 e. The van der Waals surface area contributed by atoms with E-state index in [1.54, 1.807) is 6.07 Å². The number of nitrogens with one attached hydrogen (secondary N) is 1. The molecule has 3 rings (SSSR count). The molecule has 1 aliphatic heterocycles. The van der Waals surface area contributed by atoms with Crippen molar-refractivity contribution in [3.05, 3.63) is 58.1 Å². The van der Waals surface area contributed by atoms with Gasteiger partial charge in [-0.1, -0.05) is 48.3 Å². The van der Waals surface area contributed by atoms with Crippen molar-refractivity contribution >= 4 is 29.1 Å². The van der Waals surface area contributed by atoms with Gasteiger partial charge in [0.25, 0.3) is 5.91 Å². The smallest absolute Gasteiger partial charge is 0.253 e. The molecule has 1 unspecified atom stereocenters. The molecule has 2 aromatic rings. The van der Waals surface area contributed by atoms with Crippen LogP contribution in [0.1, 0.15) is 23.7 Å². The maximum atomic E-state index is 12.7. The van der Waals surface area contributed by atoms with Crippen molar-refractivity contribution in [2.24, 2.45) is 0 Å². The van der Waals surface area contributed by atoms with E-state index in [9.17, 15) is 4.79 Å². The number of carbonyl (C=O) groups excluding carboxylic acids is 1. The van der Waals surface area contributed by atoms with Crippen LogP contribution in [0.3, 0.4) is 0 Å². The second-order valence-electron chi connectivity index (χ2n) is 6.01. The van der Waals surface area contributed by atoms with Gasteiger partial charge in [-0.05, 0) is 36.2 Å². The van der Waals surface area contributed by atoms with E-state index in [4.69, 9.17) is 23.2 Å². The van der Waals surface area contributed by atoms with Gasteiger partial charge < -0.3 is 10.2 Å². The third-order valence-electron chi connectivity index (χ3n) is 4.41. The fourth-order valence-corrected chi connectivity index (χ4v) is 3.50. The highest BCUT2D eigenvalue weighted by atomic mass is 35.5. The number of benzene rings is 2. The molecule has 1 N–H and O–H groups in total. The fourth-order valence-electron chi connectivity index (χ4n) is 2.98. The Morgan fingerprint density at radius 2 is 1.96 bits per heavy atom. The van der Waals surface area contributed by atoms with E-state index in [0.29, 0.717) is 21.7 Å². The molecular formula is C19H20Cl2N2O. The molecule has 1 saturated heterocycles. The van der Waals surface area contributed by atoms with Crippen molar-refractivity contribution in [2.75, 3.05) is 19.6 Å². The minimum atomic E-state index is 0.0868. The Bertz CT molecular complexity index is 731. The van der Waals surface area contributed by atoms with Gasteiger partial charge in [0, 0.05) is 46.8 Å². The number of hydrogen-bond acceptors (Lipinski definition) is 2. The summed E-state index contributed by atoms with van der Waals surface area (Å²) in [6, 6.07) is 13.4. The van der Waals surface area contributed by atoms with Crippen LogP contribution in [0.4, 0.5) is 0 Å². The molecule has 1 heterocycles. The molecule has 1 aliphatic rings. The summed E-state index contributed by atoms with van der Waals surface area (Å²) in [5.74, 6) is 0.0868. The highest BCUT2D eigenvalue weighted by Gasteiger charge is 2.23. The molecule has 1 amide bonds. The van der Waals surface area contributed by atoms with Crippen LogP contribution < -0.4 is 5.32 Å². The topological polar surface area (TPSA) is 32.3 Å². The van der Waals surface area contributed by atoms with E-state index in [2.05, 4.69) is 12.2 Å². The lowest BCUT2D eigenvalue weighted by Crippen LogP contribution is -2.52. The monoisotopic (exact) mass is 362 g/mol. The van der Waals surface area contributed by atoms with Crippen molar-refractivity contribution in [3.63, 3.8) is 0 Å². The number of carbonyl (C=O) groups is 1. The second kappa shape index (κ2) is 7.56. The van der Waals surface area contributed by atoms with Gasteiger partial charge in [-0.3, -0.25) is 4.79 Å². The quantitative estimate of drug-likeness (QED) is 0.872. The van der Waals surface area contributed by atoms with Gasteiger partial charge in [-0.15, -0.1) is 0 Å². The van der Waals surface area contributed by atoms with Gasteiger partial charge in [0.15, 0.2) is 0 Å². The molecule has 0 aliphatic carbocycles. The van der Waals surface area contributed by atoms with Gasteiger partial charge in [0.2, 0.25) is 0 Å². The summed E-state index contributed by atoms with van der Waals surface area (Å²) in [4.78, 5) is 14.6. The van der Waals surface area contributed by atoms with Crippen LogP contribution in [-0.4, -0.2) is 36.5 Å². The summed E-state index contributed by atoms with van der Waals surface area (Å²) in [7, 11) is 0. The molecule has 5 heteroatoms. The molecule has 2 aromatic carbocycles. The molecule has 126 valence electrons. The maximum absolute atomic E-state index is 12.7. The highest BCUT2D eigenvalue weighted by Crippen LogP contribution is 2.30. The Hall–Kier alpha value is -1.55. The van der Waals surface area contributed by atoms with E-state index in [1.807, 2.05) is 41.3 Å². The zero-order chi connectivity index (χ0) is 17.1. The van der Waals surface area contributed by atoms with Crippen molar-refractivity contribution in [2.45, 2.75) is 19.4 Å². The molecular weight excluding hydrogens is 343 g/mol. The molecule has 0 bridgehead atoms. The van der Waals surface area contributed by atoms with E-state index >= 15 is 0 Å². The number of nitrogens with zero attached hydrogens (tertiary/aromatic N) is 1. The van der Waals surface area contributed by atoms with Crippen molar-refractivity contribution in [3.8, 4) is 11.1 Å². The predicted octanol–water partition coefficient (Wildman–Crippen LogP) is 4.48. The maximum Gasteiger partial charge on any atom is 0.253 e. The van der Waals surface area contributed by atoms with E-state index in [1.165, 1.54) is 0 Å². The van der Waals surface area contributed by atoms with Crippen LogP contribution >= 0.6 is 23.2 Å². The summed E-state index contributed by atoms with van der Waals surface area (Å²) >= 11 is 12.2. The molecule has 1 atom stereocenters. The Morgan fingerprint density at radius 1 is 1.21 bits per heavy atom. The standard InChI is InChI=1S/C19H20Cl2N2O/c1-2-16-12-23(10-9-22-16)19(24)14-5-3-13(4-6-14)17-8-7-15(20)11-18(17)21/h3-8,11,16,22H,2,9-10,12H2,1H3. The number of rotatable bonds is 3. The number of amides is 1. The number of hydrogen-bond donors (Lipinski definition) is 1. The third-order valence-corrected chi connectivity index (χ3v) is 4.96. The zero-order valence-corrected chi connectivity index (χ0v) is 15.1. The average Bonchev–Trinajstić information content (AvgIpc) is 2.61. The Labute approximate surface area is 152 Å². The van der Waals surface area contributed by atoms with Crippen molar-refractivity contribution in [1.29, 1.82) is 0 Å². The van der Waals surface area contributed by atoms with Gasteiger partial charge in [-0.2, -0.15) is 0 Å². The molecule has 0 radical (unpaired) electrons.